The van der Waals surface area contributed by atoms with E-state index in [1.807, 2.05) is 0 Å². The van der Waals surface area contributed by atoms with E-state index in [1.165, 1.54) is 0 Å². The van der Waals surface area contributed by atoms with E-state index in [9.17, 15) is 9.59 Å². The molecule has 5 nitrogen and oxygen atoms in total. The molecule has 0 aromatic heterocycles. The van der Waals surface area contributed by atoms with E-state index in [4.69, 9.17) is 0 Å². The predicted octanol–water partition coefficient (Wildman–Crippen LogP) is -2.08. The van der Waals surface area contributed by atoms with Crippen LogP contribution in [0.1, 0.15) is 0 Å². The van der Waals surface area contributed by atoms with Crippen LogP contribution in [0.3, 0.4) is 0 Å². The number of carbonyl (C=O) groups is 2. The van der Waals surface area contributed by atoms with Gasteiger partial charge in [0.2, 0.25) is 11.8 Å². The van der Waals surface area contributed by atoms with Crippen LogP contribution in [0.2, 0.25) is 0 Å². The third-order valence-electron chi connectivity index (χ3n) is 2.28. The Bertz CT molecular complexity index is 205. The van der Waals surface area contributed by atoms with Crippen LogP contribution < -0.4 is 10.6 Å². The second-order valence-corrected chi connectivity index (χ2v) is 3.02. The van der Waals surface area contributed by atoms with Crippen LogP contribution in [-0.2, 0) is 9.59 Å². The summed E-state index contributed by atoms with van der Waals surface area (Å²) in [4.78, 5) is 24.1. The Morgan fingerprint density at radius 2 is 2.25 bits per heavy atom. The van der Waals surface area contributed by atoms with Gasteiger partial charge < -0.3 is 15.5 Å². The first kappa shape index (κ1) is 7.54. The zero-order valence-electron chi connectivity index (χ0n) is 6.67. The van der Waals surface area contributed by atoms with Crippen LogP contribution in [0.4, 0.5) is 0 Å². The van der Waals surface area contributed by atoms with Gasteiger partial charge in [-0.05, 0) is 0 Å². The average Bonchev–Trinajstić information content (AvgIpc) is 2.12. The molecule has 0 saturated carbocycles. The van der Waals surface area contributed by atoms with Crippen LogP contribution in [0.15, 0.2) is 0 Å². The minimum atomic E-state index is -0.278. The second-order valence-electron chi connectivity index (χ2n) is 3.02. The lowest BCUT2D eigenvalue weighted by atomic mass is 10.1. The summed E-state index contributed by atoms with van der Waals surface area (Å²) in [5, 5.41) is 5.64. The van der Waals surface area contributed by atoms with E-state index in [-0.39, 0.29) is 24.4 Å². The molecule has 2 fully saturated rings. The van der Waals surface area contributed by atoms with Gasteiger partial charge in [0.1, 0.15) is 6.04 Å². The molecule has 2 N–H and O–H groups in total. The van der Waals surface area contributed by atoms with Crippen molar-refractivity contribution in [1.29, 1.82) is 0 Å². The Balaban J connectivity index is 2.16. The van der Waals surface area contributed by atoms with E-state index in [0.717, 1.165) is 6.54 Å². The molecule has 2 aliphatic rings. The predicted molar refractivity (Wildman–Crippen MR) is 41.4 cm³/mol. The summed E-state index contributed by atoms with van der Waals surface area (Å²) < 4.78 is 0. The third kappa shape index (κ3) is 1.06. The Morgan fingerprint density at radius 3 is 3.00 bits per heavy atom. The van der Waals surface area contributed by atoms with Gasteiger partial charge in [0, 0.05) is 19.6 Å². The fourth-order valence-electron chi connectivity index (χ4n) is 1.62. The number of hydrogen-bond donors (Lipinski definition) is 2. The van der Waals surface area contributed by atoms with Gasteiger partial charge in [0.15, 0.2) is 0 Å². The summed E-state index contributed by atoms with van der Waals surface area (Å²) in [5.41, 5.74) is 0. The Morgan fingerprint density at radius 1 is 1.42 bits per heavy atom. The number of rotatable bonds is 0. The topological polar surface area (TPSA) is 61.4 Å². The highest BCUT2D eigenvalue weighted by molar-refractivity contribution is 5.95. The molecule has 2 heterocycles. The van der Waals surface area contributed by atoms with Crippen molar-refractivity contribution in [3.63, 3.8) is 0 Å². The molecule has 0 aliphatic carbocycles. The number of amides is 2. The van der Waals surface area contributed by atoms with E-state index in [1.54, 1.807) is 4.90 Å². The van der Waals surface area contributed by atoms with Gasteiger partial charge in [-0.1, -0.05) is 0 Å². The molecule has 0 unspecified atom stereocenters. The highest BCUT2D eigenvalue weighted by Crippen LogP contribution is 2.07. The van der Waals surface area contributed by atoms with E-state index >= 15 is 0 Å². The van der Waals surface area contributed by atoms with Crippen molar-refractivity contribution in [3.8, 4) is 0 Å². The molecule has 66 valence electrons. The fourth-order valence-corrected chi connectivity index (χ4v) is 1.62. The Hall–Kier alpha value is -1.10. The van der Waals surface area contributed by atoms with Gasteiger partial charge in [-0.2, -0.15) is 0 Å². The standard InChI is InChI=1S/C7H11N3O2/c11-6-4-9-7(12)5-3-8-1-2-10(5)6/h5,8H,1-4H2,(H,9,12)/t5-/m1/s1. The van der Waals surface area contributed by atoms with Crippen molar-refractivity contribution in [2.75, 3.05) is 26.2 Å². The van der Waals surface area contributed by atoms with Crippen molar-refractivity contribution in [3.05, 3.63) is 0 Å². The van der Waals surface area contributed by atoms with Crippen LogP contribution in [0, 0.1) is 0 Å². The Labute approximate surface area is 70.1 Å². The van der Waals surface area contributed by atoms with E-state index in [0.29, 0.717) is 13.1 Å². The summed E-state index contributed by atoms with van der Waals surface area (Å²) in [5.74, 6) is -0.0112. The first-order chi connectivity index (χ1) is 5.79. The first-order valence-electron chi connectivity index (χ1n) is 4.07. The number of hydrogen-bond acceptors (Lipinski definition) is 3. The number of nitrogens with zero attached hydrogens (tertiary/aromatic N) is 1. The van der Waals surface area contributed by atoms with Crippen LogP contribution in [-0.4, -0.2) is 48.9 Å². The maximum absolute atomic E-state index is 11.3. The first-order valence-corrected chi connectivity index (χ1v) is 4.07. The zero-order valence-corrected chi connectivity index (χ0v) is 6.67. The smallest absolute Gasteiger partial charge is 0.244 e. The quantitative estimate of drug-likeness (QED) is 0.437. The summed E-state index contributed by atoms with van der Waals surface area (Å²) in [6.07, 6.45) is 0. The number of nitrogens with one attached hydrogen (secondary N) is 2. The van der Waals surface area contributed by atoms with Gasteiger partial charge in [0.05, 0.1) is 6.54 Å². The highest BCUT2D eigenvalue weighted by Gasteiger charge is 2.35. The summed E-state index contributed by atoms with van der Waals surface area (Å²) in [6, 6.07) is -0.278. The minimum Gasteiger partial charge on any atom is -0.345 e. The third-order valence-corrected chi connectivity index (χ3v) is 2.28. The largest absolute Gasteiger partial charge is 0.345 e. The van der Waals surface area contributed by atoms with E-state index in [2.05, 4.69) is 10.6 Å². The lowest BCUT2D eigenvalue weighted by Gasteiger charge is -2.38. The van der Waals surface area contributed by atoms with Crippen molar-refractivity contribution in [1.82, 2.24) is 15.5 Å². The molecule has 2 aliphatic heterocycles. The van der Waals surface area contributed by atoms with Gasteiger partial charge >= 0.3 is 0 Å². The highest BCUT2D eigenvalue weighted by atomic mass is 16.2. The Kier molecular flexibility index (Phi) is 1.73. The van der Waals surface area contributed by atoms with Crippen molar-refractivity contribution >= 4 is 11.8 Å². The summed E-state index contributed by atoms with van der Waals surface area (Å²) in [7, 11) is 0. The maximum atomic E-state index is 11.3. The number of piperazine rings is 2. The molecule has 0 aromatic carbocycles. The van der Waals surface area contributed by atoms with Crippen LogP contribution in [0.25, 0.3) is 0 Å². The molecule has 0 radical (unpaired) electrons. The number of carbonyl (C=O) groups excluding carboxylic acids is 2. The summed E-state index contributed by atoms with van der Waals surface area (Å²) in [6.45, 7) is 2.18. The molecule has 2 saturated heterocycles. The molecular formula is C7H11N3O2. The van der Waals surface area contributed by atoms with Crippen molar-refractivity contribution in [2.24, 2.45) is 0 Å². The zero-order chi connectivity index (χ0) is 8.55. The molecule has 0 bridgehead atoms. The van der Waals surface area contributed by atoms with Gasteiger partial charge in [-0.15, -0.1) is 0 Å². The molecule has 1 atom stereocenters. The second kappa shape index (κ2) is 2.75. The molecule has 5 heteroatoms. The molecule has 2 amide bonds. The monoisotopic (exact) mass is 169 g/mol. The van der Waals surface area contributed by atoms with Gasteiger partial charge in [-0.25, -0.2) is 0 Å². The molecule has 0 spiro atoms. The molecular weight excluding hydrogens is 158 g/mol. The van der Waals surface area contributed by atoms with Crippen molar-refractivity contribution < 1.29 is 9.59 Å². The maximum Gasteiger partial charge on any atom is 0.244 e. The van der Waals surface area contributed by atoms with E-state index < -0.39 is 0 Å². The molecule has 0 aromatic rings. The van der Waals surface area contributed by atoms with Gasteiger partial charge in [-0.3, -0.25) is 9.59 Å². The lowest BCUT2D eigenvalue weighted by Crippen LogP contribution is -2.65. The van der Waals surface area contributed by atoms with Crippen LogP contribution >= 0.6 is 0 Å². The number of fused-ring (bicyclic) bond motifs is 1. The minimum absolute atomic E-state index is 0.0288. The van der Waals surface area contributed by atoms with Crippen molar-refractivity contribution in [2.45, 2.75) is 6.04 Å². The average molecular weight is 169 g/mol. The fraction of sp³-hybridized carbons (Fsp3) is 0.714. The SMILES string of the molecule is O=C1NCC(=O)N2CCNC[C@H]12. The molecule has 2 rings (SSSR count). The lowest BCUT2D eigenvalue weighted by molar-refractivity contribution is -0.146. The normalized spacial score (nSPS) is 29.7. The van der Waals surface area contributed by atoms with Crippen LogP contribution in [0.5, 0.6) is 0 Å². The molecule has 12 heavy (non-hydrogen) atoms. The summed E-state index contributed by atoms with van der Waals surface area (Å²) >= 11 is 0. The van der Waals surface area contributed by atoms with Gasteiger partial charge in [0.25, 0.3) is 0 Å².